The second kappa shape index (κ2) is 6.22. The fourth-order valence-corrected chi connectivity index (χ4v) is 3.21. The van der Waals surface area contributed by atoms with Gasteiger partial charge >= 0.3 is 12.1 Å². The molecule has 0 aromatic heterocycles. The summed E-state index contributed by atoms with van der Waals surface area (Å²) in [5.41, 5.74) is -0.499. The Morgan fingerprint density at radius 2 is 1.81 bits per heavy atom. The largest absolute Gasteiger partial charge is 0.480 e. The van der Waals surface area contributed by atoms with E-state index in [1.165, 1.54) is 0 Å². The molecule has 0 bridgehead atoms. The summed E-state index contributed by atoms with van der Waals surface area (Å²) in [5, 5.41) is 9.30. The summed E-state index contributed by atoms with van der Waals surface area (Å²) < 4.78 is 5.41. The quantitative estimate of drug-likeness (QED) is 0.843. The van der Waals surface area contributed by atoms with Crippen molar-refractivity contribution in [3.63, 3.8) is 0 Å². The van der Waals surface area contributed by atoms with Crippen molar-refractivity contribution < 1.29 is 19.4 Å². The van der Waals surface area contributed by atoms with Crippen molar-refractivity contribution in [3.05, 3.63) is 0 Å². The molecule has 0 radical (unpaired) electrons. The minimum absolute atomic E-state index is 0.134. The standard InChI is InChI=1S/C15H26N2O4/c1-15(2,3)21-14(20)16-8-4-6-11(10-16)17-9-5-7-12(17)13(18)19/h11-12H,4-10H2,1-3H3,(H,18,19)/t11-,12-/m0/s1. The minimum atomic E-state index is -0.748. The molecule has 0 spiro atoms. The first-order valence-corrected chi connectivity index (χ1v) is 7.74. The number of carboxylic acids is 1. The van der Waals surface area contributed by atoms with Gasteiger partial charge in [0, 0.05) is 19.1 Å². The highest BCUT2D eigenvalue weighted by molar-refractivity contribution is 5.74. The molecule has 1 N–H and O–H groups in total. The Morgan fingerprint density at radius 1 is 1.14 bits per heavy atom. The van der Waals surface area contributed by atoms with E-state index < -0.39 is 17.6 Å². The highest BCUT2D eigenvalue weighted by Crippen LogP contribution is 2.26. The maximum atomic E-state index is 12.2. The van der Waals surface area contributed by atoms with Gasteiger partial charge in [-0.1, -0.05) is 0 Å². The average Bonchev–Trinajstić information content (AvgIpc) is 2.86. The van der Waals surface area contributed by atoms with Gasteiger partial charge in [-0.05, 0) is 53.0 Å². The van der Waals surface area contributed by atoms with E-state index in [9.17, 15) is 14.7 Å². The van der Waals surface area contributed by atoms with Crippen LogP contribution in [0.4, 0.5) is 4.79 Å². The van der Waals surface area contributed by atoms with Crippen LogP contribution in [-0.4, -0.2) is 64.3 Å². The second-order valence-electron chi connectivity index (χ2n) is 6.96. The first kappa shape index (κ1) is 16.1. The summed E-state index contributed by atoms with van der Waals surface area (Å²) in [6.45, 7) is 7.63. The van der Waals surface area contributed by atoms with E-state index in [1.807, 2.05) is 20.8 Å². The molecular formula is C15H26N2O4. The lowest BCUT2D eigenvalue weighted by molar-refractivity contribution is -0.143. The molecule has 120 valence electrons. The van der Waals surface area contributed by atoms with Crippen molar-refractivity contribution in [3.8, 4) is 0 Å². The van der Waals surface area contributed by atoms with Crippen molar-refractivity contribution in [2.75, 3.05) is 19.6 Å². The molecule has 2 rings (SSSR count). The molecule has 2 atom stereocenters. The van der Waals surface area contributed by atoms with Crippen LogP contribution in [-0.2, 0) is 9.53 Å². The molecule has 2 aliphatic rings. The number of carboxylic acid groups (broad SMARTS) is 1. The van der Waals surface area contributed by atoms with E-state index in [1.54, 1.807) is 4.90 Å². The smallest absolute Gasteiger partial charge is 0.410 e. The van der Waals surface area contributed by atoms with E-state index in [0.29, 0.717) is 19.5 Å². The number of ether oxygens (including phenoxy) is 1. The lowest BCUT2D eigenvalue weighted by Crippen LogP contribution is -2.53. The Morgan fingerprint density at radius 3 is 2.43 bits per heavy atom. The van der Waals surface area contributed by atoms with Gasteiger partial charge in [-0.15, -0.1) is 0 Å². The maximum absolute atomic E-state index is 12.2. The molecule has 2 heterocycles. The van der Waals surface area contributed by atoms with Gasteiger partial charge in [0.1, 0.15) is 11.6 Å². The number of hydrogen-bond acceptors (Lipinski definition) is 4. The van der Waals surface area contributed by atoms with E-state index in [4.69, 9.17) is 4.74 Å². The van der Waals surface area contributed by atoms with E-state index in [0.717, 1.165) is 25.8 Å². The van der Waals surface area contributed by atoms with Gasteiger partial charge < -0.3 is 14.7 Å². The van der Waals surface area contributed by atoms with Gasteiger partial charge in [-0.3, -0.25) is 9.69 Å². The summed E-state index contributed by atoms with van der Waals surface area (Å²) in [6.07, 6.45) is 3.17. The summed E-state index contributed by atoms with van der Waals surface area (Å²) in [4.78, 5) is 27.2. The zero-order valence-electron chi connectivity index (χ0n) is 13.2. The third kappa shape index (κ3) is 4.09. The number of likely N-dealkylation sites (tertiary alicyclic amines) is 2. The summed E-state index contributed by atoms with van der Waals surface area (Å²) in [6, 6.07) is -0.261. The second-order valence-corrected chi connectivity index (χ2v) is 6.96. The lowest BCUT2D eigenvalue weighted by atomic mass is 10.0. The van der Waals surface area contributed by atoms with Gasteiger partial charge in [-0.2, -0.15) is 0 Å². The van der Waals surface area contributed by atoms with Gasteiger partial charge in [0.25, 0.3) is 0 Å². The van der Waals surface area contributed by atoms with Crippen molar-refractivity contribution in [1.29, 1.82) is 0 Å². The molecule has 2 aliphatic heterocycles. The normalized spacial score (nSPS) is 27.7. The van der Waals surface area contributed by atoms with Crippen LogP contribution in [0, 0.1) is 0 Å². The SMILES string of the molecule is CC(C)(C)OC(=O)N1CCC[C@H](N2CCC[C@H]2C(=O)O)C1. The molecule has 0 saturated carbocycles. The number of carbonyl (C=O) groups excluding carboxylic acids is 1. The predicted molar refractivity (Wildman–Crippen MR) is 78.2 cm³/mol. The Hall–Kier alpha value is -1.30. The van der Waals surface area contributed by atoms with E-state index in [2.05, 4.69) is 4.90 Å². The predicted octanol–water partition coefficient (Wildman–Crippen LogP) is 1.93. The number of rotatable bonds is 2. The Balaban J connectivity index is 1.97. The van der Waals surface area contributed by atoms with E-state index in [-0.39, 0.29) is 12.1 Å². The fraction of sp³-hybridized carbons (Fsp3) is 0.867. The lowest BCUT2D eigenvalue weighted by Gasteiger charge is -2.39. The first-order chi connectivity index (χ1) is 9.78. The molecule has 21 heavy (non-hydrogen) atoms. The third-order valence-corrected chi connectivity index (χ3v) is 4.10. The highest BCUT2D eigenvalue weighted by atomic mass is 16.6. The average molecular weight is 298 g/mol. The van der Waals surface area contributed by atoms with Crippen LogP contribution in [0.2, 0.25) is 0 Å². The van der Waals surface area contributed by atoms with Gasteiger partial charge in [0.15, 0.2) is 0 Å². The van der Waals surface area contributed by atoms with Crippen LogP contribution in [0.25, 0.3) is 0 Å². The van der Waals surface area contributed by atoms with Crippen molar-refractivity contribution in [1.82, 2.24) is 9.80 Å². The van der Waals surface area contributed by atoms with Crippen LogP contribution >= 0.6 is 0 Å². The number of nitrogens with zero attached hydrogens (tertiary/aromatic N) is 2. The molecule has 2 saturated heterocycles. The Kier molecular flexibility index (Phi) is 4.76. The monoisotopic (exact) mass is 298 g/mol. The van der Waals surface area contributed by atoms with Crippen LogP contribution < -0.4 is 0 Å². The van der Waals surface area contributed by atoms with Crippen LogP contribution in [0.5, 0.6) is 0 Å². The maximum Gasteiger partial charge on any atom is 0.410 e. The zero-order chi connectivity index (χ0) is 15.6. The molecular weight excluding hydrogens is 272 g/mol. The van der Waals surface area contributed by atoms with Gasteiger partial charge in [0.2, 0.25) is 0 Å². The molecule has 0 unspecified atom stereocenters. The van der Waals surface area contributed by atoms with Gasteiger partial charge in [0.05, 0.1) is 0 Å². The molecule has 2 fully saturated rings. The number of amides is 1. The molecule has 0 aromatic rings. The van der Waals surface area contributed by atoms with Crippen LogP contribution in [0.3, 0.4) is 0 Å². The Labute approximate surface area is 126 Å². The van der Waals surface area contributed by atoms with Gasteiger partial charge in [-0.25, -0.2) is 4.79 Å². The molecule has 0 aliphatic carbocycles. The fourth-order valence-electron chi connectivity index (χ4n) is 3.21. The number of aliphatic carboxylic acids is 1. The third-order valence-electron chi connectivity index (χ3n) is 4.10. The topological polar surface area (TPSA) is 70.1 Å². The number of piperidine rings is 1. The summed E-state index contributed by atoms with van der Waals surface area (Å²) in [7, 11) is 0. The van der Waals surface area contributed by atoms with Crippen molar-refractivity contribution >= 4 is 12.1 Å². The molecule has 1 amide bonds. The van der Waals surface area contributed by atoms with Crippen molar-refractivity contribution in [2.45, 2.75) is 64.1 Å². The highest BCUT2D eigenvalue weighted by Gasteiger charge is 2.38. The number of hydrogen-bond donors (Lipinski definition) is 1. The van der Waals surface area contributed by atoms with E-state index >= 15 is 0 Å². The summed E-state index contributed by atoms with van der Waals surface area (Å²) in [5.74, 6) is -0.748. The molecule has 0 aromatic carbocycles. The van der Waals surface area contributed by atoms with Crippen molar-refractivity contribution in [2.24, 2.45) is 0 Å². The zero-order valence-corrected chi connectivity index (χ0v) is 13.2. The molecule has 6 heteroatoms. The first-order valence-electron chi connectivity index (χ1n) is 7.74. The van der Waals surface area contributed by atoms with Crippen LogP contribution in [0.15, 0.2) is 0 Å². The minimum Gasteiger partial charge on any atom is -0.480 e. The van der Waals surface area contributed by atoms with Crippen LogP contribution in [0.1, 0.15) is 46.5 Å². The summed E-state index contributed by atoms with van der Waals surface area (Å²) >= 11 is 0. The molecule has 6 nitrogen and oxygen atoms in total. The number of carbonyl (C=O) groups is 2. The Bertz CT molecular complexity index is 405.